The lowest BCUT2D eigenvalue weighted by Gasteiger charge is -2.29. The fourth-order valence-corrected chi connectivity index (χ4v) is 4.01. The predicted molar refractivity (Wildman–Crippen MR) is 127 cm³/mol. The molecule has 0 spiro atoms. The molecule has 0 fully saturated rings. The fraction of sp³-hybridized carbons (Fsp3) is 0.308. The van der Waals surface area contributed by atoms with Crippen molar-refractivity contribution in [3.63, 3.8) is 0 Å². The van der Waals surface area contributed by atoms with Gasteiger partial charge in [-0.15, -0.1) is 0 Å². The summed E-state index contributed by atoms with van der Waals surface area (Å²) in [5.74, 6) is 1.54. The number of aryl methyl sites for hydroxylation is 1. The molecule has 1 amide bonds. The Balaban J connectivity index is 1.38. The van der Waals surface area contributed by atoms with Crippen molar-refractivity contribution in [2.24, 2.45) is 0 Å². The first kappa shape index (κ1) is 22.5. The van der Waals surface area contributed by atoms with Crippen LogP contribution < -0.4 is 24.5 Å². The number of aromatic nitrogens is 1. The number of rotatable bonds is 8. The second kappa shape index (κ2) is 10.3. The molecule has 0 atom stereocenters. The summed E-state index contributed by atoms with van der Waals surface area (Å²) >= 11 is 0. The monoisotopic (exact) mass is 448 g/mol. The third-order valence-corrected chi connectivity index (χ3v) is 5.80. The molecule has 0 unspecified atom stereocenters. The third-order valence-electron chi connectivity index (χ3n) is 5.80. The minimum absolute atomic E-state index is 0.154. The number of para-hydroxylation sites is 1. The molecule has 1 aliphatic heterocycles. The van der Waals surface area contributed by atoms with Gasteiger partial charge in [-0.05, 0) is 55.7 Å². The highest BCUT2D eigenvalue weighted by molar-refractivity contribution is 5.95. The average Bonchev–Trinajstić information content (AvgIpc) is 2.85. The molecule has 7 heteroatoms. The van der Waals surface area contributed by atoms with Gasteiger partial charge >= 0.3 is 0 Å². The van der Waals surface area contributed by atoms with Gasteiger partial charge < -0.3 is 23.7 Å². The predicted octanol–water partition coefficient (Wildman–Crippen LogP) is 3.60. The van der Waals surface area contributed by atoms with Gasteiger partial charge in [0.25, 0.3) is 5.91 Å². The molecule has 0 radical (unpaired) electrons. The Bertz CT molecular complexity index is 1170. The van der Waals surface area contributed by atoms with Crippen molar-refractivity contribution in [2.45, 2.75) is 26.3 Å². The number of fused-ring (bicyclic) bond motifs is 1. The molecule has 1 aliphatic rings. The third kappa shape index (κ3) is 5.19. The molecule has 0 aliphatic carbocycles. The maximum atomic E-state index is 12.9. The Morgan fingerprint density at radius 3 is 2.55 bits per heavy atom. The van der Waals surface area contributed by atoms with Gasteiger partial charge in [-0.1, -0.05) is 18.2 Å². The minimum atomic E-state index is -0.244. The quantitative estimate of drug-likeness (QED) is 0.527. The molecule has 0 bridgehead atoms. The Hall–Kier alpha value is -3.74. The van der Waals surface area contributed by atoms with Crippen LogP contribution in [-0.2, 0) is 17.8 Å². The van der Waals surface area contributed by atoms with Crippen molar-refractivity contribution >= 4 is 11.6 Å². The molecule has 0 saturated carbocycles. The van der Waals surface area contributed by atoms with Gasteiger partial charge in [0.1, 0.15) is 18.1 Å². The number of benzene rings is 2. The molecule has 2 aromatic carbocycles. The van der Waals surface area contributed by atoms with Crippen LogP contribution in [-0.4, -0.2) is 37.3 Å². The number of pyridine rings is 1. The summed E-state index contributed by atoms with van der Waals surface area (Å²) < 4.78 is 18.6. The van der Waals surface area contributed by atoms with Crippen molar-refractivity contribution in [1.29, 1.82) is 0 Å². The van der Waals surface area contributed by atoms with Crippen molar-refractivity contribution in [3.8, 4) is 17.2 Å². The average molecular weight is 449 g/mol. The smallest absolute Gasteiger partial charge is 0.264 e. The molecule has 2 heterocycles. The highest BCUT2D eigenvalue weighted by atomic mass is 16.5. The molecule has 0 N–H and O–H groups in total. The summed E-state index contributed by atoms with van der Waals surface area (Å²) in [6.07, 6.45) is 3.58. The number of amides is 1. The zero-order valence-corrected chi connectivity index (χ0v) is 19.0. The summed E-state index contributed by atoms with van der Waals surface area (Å²) in [7, 11) is 1.62. The van der Waals surface area contributed by atoms with Crippen LogP contribution in [0.1, 0.15) is 17.7 Å². The lowest BCUT2D eigenvalue weighted by Crippen LogP contribution is -2.39. The van der Waals surface area contributed by atoms with E-state index < -0.39 is 0 Å². The first-order chi connectivity index (χ1) is 16.1. The standard InChI is InChI=1S/C26H28N2O5/c1-19-26(33-18-25(30)28-14-5-7-20-6-3-4-8-23(20)28)24(29)13-15-27(19)16-17-32-22-11-9-21(31-2)10-12-22/h3-4,6,8-13,15H,5,7,14,16-18H2,1-2H3. The first-order valence-electron chi connectivity index (χ1n) is 11.0. The Labute approximate surface area is 193 Å². The lowest BCUT2D eigenvalue weighted by molar-refractivity contribution is -0.120. The minimum Gasteiger partial charge on any atom is -0.497 e. The molecule has 172 valence electrons. The Morgan fingerprint density at radius 1 is 1.00 bits per heavy atom. The zero-order chi connectivity index (χ0) is 23.2. The summed E-state index contributed by atoms with van der Waals surface area (Å²) in [5, 5.41) is 0. The number of ether oxygens (including phenoxy) is 3. The highest BCUT2D eigenvalue weighted by Crippen LogP contribution is 2.27. The van der Waals surface area contributed by atoms with Crippen molar-refractivity contribution in [3.05, 3.63) is 82.3 Å². The zero-order valence-electron chi connectivity index (χ0n) is 19.0. The summed E-state index contributed by atoms with van der Waals surface area (Å²) in [6.45, 7) is 3.22. The molecule has 4 rings (SSSR count). The van der Waals surface area contributed by atoms with Crippen LogP contribution in [0.4, 0.5) is 5.69 Å². The van der Waals surface area contributed by atoms with Crippen LogP contribution >= 0.6 is 0 Å². The van der Waals surface area contributed by atoms with Gasteiger partial charge in [-0.3, -0.25) is 9.59 Å². The Morgan fingerprint density at radius 2 is 1.76 bits per heavy atom. The number of hydrogen-bond donors (Lipinski definition) is 0. The van der Waals surface area contributed by atoms with E-state index >= 15 is 0 Å². The van der Waals surface area contributed by atoms with Crippen molar-refractivity contribution < 1.29 is 19.0 Å². The Kier molecular flexibility index (Phi) is 6.98. The number of hydrogen-bond acceptors (Lipinski definition) is 5. The van der Waals surface area contributed by atoms with Gasteiger partial charge in [0.05, 0.1) is 19.3 Å². The van der Waals surface area contributed by atoms with Crippen LogP contribution in [0.2, 0.25) is 0 Å². The molecule has 1 aromatic heterocycles. The lowest BCUT2D eigenvalue weighted by atomic mass is 10.0. The maximum Gasteiger partial charge on any atom is 0.264 e. The molecular weight excluding hydrogens is 420 g/mol. The highest BCUT2D eigenvalue weighted by Gasteiger charge is 2.23. The van der Waals surface area contributed by atoms with E-state index in [9.17, 15) is 9.59 Å². The molecule has 0 saturated heterocycles. The van der Waals surface area contributed by atoms with E-state index in [4.69, 9.17) is 14.2 Å². The van der Waals surface area contributed by atoms with Gasteiger partial charge in [0, 0.05) is 24.5 Å². The van der Waals surface area contributed by atoms with Crippen molar-refractivity contribution in [1.82, 2.24) is 4.57 Å². The van der Waals surface area contributed by atoms with Crippen molar-refractivity contribution in [2.75, 3.05) is 31.8 Å². The van der Waals surface area contributed by atoms with E-state index in [0.29, 0.717) is 25.4 Å². The van der Waals surface area contributed by atoms with Crippen LogP contribution in [0.5, 0.6) is 17.2 Å². The SMILES string of the molecule is COc1ccc(OCCn2ccc(=O)c(OCC(=O)N3CCCc4ccccc43)c2C)cc1. The van der Waals surface area contributed by atoms with E-state index in [1.165, 1.54) is 6.07 Å². The number of anilines is 1. The summed E-state index contributed by atoms with van der Waals surface area (Å²) in [6, 6.07) is 16.7. The van der Waals surface area contributed by atoms with Gasteiger partial charge in [-0.25, -0.2) is 0 Å². The number of carbonyl (C=O) groups is 1. The van der Waals surface area contributed by atoms with Gasteiger partial charge in [0.2, 0.25) is 5.43 Å². The van der Waals surface area contributed by atoms with E-state index in [2.05, 4.69) is 0 Å². The first-order valence-corrected chi connectivity index (χ1v) is 11.0. The van der Waals surface area contributed by atoms with E-state index in [1.54, 1.807) is 18.2 Å². The van der Waals surface area contributed by atoms with Crippen LogP contribution in [0.15, 0.2) is 65.6 Å². The van der Waals surface area contributed by atoms with E-state index in [0.717, 1.165) is 35.6 Å². The van der Waals surface area contributed by atoms with Gasteiger partial charge in [0.15, 0.2) is 12.4 Å². The number of carbonyl (C=O) groups excluding carboxylic acids is 1. The number of methoxy groups -OCH3 is 1. The summed E-state index contributed by atoms with van der Waals surface area (Å²) in [5.41, 5.74) is 2.50. The normalized spacial score (nSPS) is 12.7. The maximum absolute atomic E-state index is 12.9. The molecule has 33 heavy (non-hydrogen) atoms. The van der Waals surface area contributed by atoms with Crippen LogP contribution in [0.3, 0.4) is 0 Å². The molecule has 7 nitrogen and oxygen atoms in total. The van der Waals surface area contributed by atoms with Gasteiger partial charge in [-0.2, -0.15) is 0 Å². The molecular formula is C26H28N2O5. The second-order valence-corrected chi connectivity index (χ2v) is 7.88. The largest absolute Gasteiger partial charge is 0.497 e. The second-order valence-electron chi connectivity index (χ2n) is 7.88. The van der Waals surface area contributed by atoms with Crippen LogP contribution in [0.25, 0.3) is 0 Å². The fourth-order valence-electron chi connectivity index (χ4n) is 4.01. The topological polar surface area (TPSA) is 70.0 Å². The van der Waals surface area contributed by atoms with E-state index in [1.807, 2.05) is 60.0 Å². The van der Waals surface area contributed by atoms with E-state index in [-0.39, 0.29) is 23.7 Å². The number of nitrogens with zero attached hydrogens (tertiary/aromatic N) is 2. The summed E-state index contributed by atoms with van der Waals surface area (Å²) in [4.78, 5) is 27.1. The molecule has 3 aromatic rings. The van der Waals surface area contributed by atoms with Crippen LogP contribution in [0, 0.1) is 6.92 Å².